The molecule has 0 radical (unpaired) electrons. The summed E-state index contributed by atoms with van der Waals surface area (Å²) in [6.07, 6.45) is -14.1. The van der Waals surface area contributed by atoms with Crippen molar-refractivity contribution in [2.45, 2.75) is 88.5 Å². The number of fused-ring (bicyclic) bond motifs is 5. The first kappa shape index (κ1) is 31.4. The highest BCUT2D eigenvalue weighted by molar-refractivity contribution is 5.37. The Morgan fingerprint density at radius 2 is 1.50 bits per heavy atom. The quantitative estimate of drug-likeness (QED) is 0.292. The second-order valence-corrected chi connectivity index (χ2v) is 11.9. The van der Waals surface area contributed by atoms with Gasteiger partial charge in [0.2, 0.25) is 0 Å². The van der Waals surface area contributed by atoms with Gasteiger partial charge in [-0.1, -0.05) is 30.7 Å². The highest BCUT2D eigenvalue weighted by Gasteiger charge is 2.85. The minimum Gasteiger partial charge on any atom is -0.376 e. The van der Waals surface area contributed by atoms with E-state index in [0.717, 1.165) is 38.5 Å². The van der Waals surface area contributed by atoms with Crippen LogP contribution in [0.1, 0.15) is 61.6 Å². The fourth-order valence-corrected chi connectivity index (χ4v) is 7.48. The maximum absolute atomic E-state index is 13.0. The summed E-state index contributed by atoms with van der Waals surface area (Å²) in [5.41, 5.74) is -2.10. The van der Waals surface area contributed by atoms with Crippen LogP contribution in [-0.2, 0) is 15.9 Å². The van der Waals surface area contributed by atoms with E-state index >= 15 is 0 Å². The molecule has 40 heavy (non-hydrogen) atoms. The van der Waals surface area contributed by atoms with Crippen LogP contribution < -0.4 is 0 Å². The van der Waals surface area contributed by atoms with Crippen molar-refractivity contribution in [1.82, 2.24) is 4.90 Å². The van der Waals surface area contributed by atoms with Crippen LogP contribution in [0.3, 0.4) is 0 Å². The van der Waals surface area contributed by atoms with Crippen LogP contribution >= 0.6 is 0 Å². The minimum atomic E-state index is -6.72. The molecule has 5 atom stereocenters. The molecule has 0 N–H and O–H groups in total. The molecule has 228 valence electrons. The summed E-state index contributed by atoms with van der Waals surface area (Å²) in [6.45, 7) is 2.65. The number of ether oxygens (including phenoxy) is 2. The molecule has 3 aliphatic carbocycles. The molecule has 12 heteroatoms. The lowest BCUT2D eigenvalue weighted by molar-refractivity contribution is -0.457. The zero-order valence-electron chi connectivity index (χ0n) is 22.8. The van der Waals surface area contributed by atoms with Crippen molar-refractivity contribution in [3.63, 3.8) is 0 Å². The molecule has 0 amide bonds. The number of rotatable bonds is 8. The Kier molecular flexibility index (Phi) is 8.60. The first-order valence-corrected chi connectivity index (χ1v) is 13.7. The summed E-state index contributed by atoms with van der Waals surface area (Å²) in [7, 11) is 1.38. The molecule has 0 heterocycles. The average molecular weight is 590 g/mol. The van der Waals surface area contributed by atoms with Crippen molar-refractivity contribution >= 4 is 0 Å². The Hall–Kier alpha value is -1.53. The molecule has 0 bridgehead atoms. The lowest BCUT2D eigenvalue weighted by Gasteiger charge is -2.50. The molecule has 0 aromatic heterocycles. The maximum atomic E-state index is 13.0. The zero-order chi connectivity index (χ0) is 29.7. The minimum absolute atomic E-state index is 0.0310. The van der Waals surface area contributed by atoms with Crippen LogP contribution in [-0.4, -0.2) is 68.5 Å². The van der Waals surface area contributed by atoms with Crippen molar-refractivity contribution in [1.29, 1.82) is 0 Å². The summed E-state index contributed by atoms with van der Waals surface area (Å²) in [6, 6.07) is 6.73. The van der Waals surface area contributed by atoms with Gasteiger partial charge in [-0.3, -0.25) is 0 Å². The topological polar surface area (TPSA) is 21.7 Å². The number of nitrogens with zero attached hydrogens (tertiary/aromatic N) is 1. The summed E-state index contributed by atoms with van der Waals surface area (Å²) in [4.78, 5) is 1.31. The van der Waals surface area contributed by atoms with E-state index in [0.29, 0.717) is 17.8 Å². The van der Waals surface area contributed by atoms with Gasteiger partial charge >= 0.3 is 24.1 Å². The Morgan fingerprint density at radius 1 is 0.875 bits per heavy atom. The van der Waals surface area contributed by atoms with Crippen LogP contribution in [0.5, 0.6) is 0 Å². The van der Waals surface area contributed by atoms with E-state index in [1.165, 1.54) is 28.6 Å². The third-order valence-electron chi connectivity index (χ3n) is 9.58. The molecule has 3 nitrogen and oxygen atoms in total. The van der Waals surface area contributed by atoms with Crippen LogP contribution in [0.15, 0.2) is 18.2 Å². The van der Waals surface area contributed by atoms with Gasteiger partial charge in [0.15, 0.2) is 0 Å². The first-order valence-electron chi connectivity index (χ1n) is 13.7. The van der Waals surface area contributed by atoms with Gasteiger partial charge in [0, 0.05) is 13.1 Å². The van der Waals surface area contributed by atoms with Crippen LogP contribution in [0.2, 0.25) is 0 Å². The van der Waals surface area contributed by atoms with Gasteiger partial charge in [0.25, 0.3) is 0 Å². The van der Waals surface area contributed by atoms with Crippen LogP contribution in [0.4, 0.5) is 39.5 Å². The molecule has 4 rings (SSSR count). The molecule has 1 aromatic rings. The normalized spacial score (nSPS) is 29.3. The Labute approximate surface area is 228 Å². The monoisotopic (exact) mass is 589 g/mol. The number of hydrogen-bond donors (Lipinski definition) is 0. The van der Waals surface area contributed by atoms with Gasteiger partial charge in [-0.15, -0.1) is 0 Å². The molecule has 0 aliphatic heterocycles. The first-order chi connectivity index (χ1) is 18.4. The van der Waals surface area contributed by atoms with E-state index in [2.05, 4.69) is 36.8 Å². The molecule has 0 saturated heterocycles. The lowest BCUT2D eigenvalue weighted by atomic mass is 9.55. The van der Waals surface area contributed by atoms with E-state index in [1.807, 2.05) is 0 Å². The zero-order valence-corrected chi connectivity index (χ0v) is 22.8. The SMILES string of the molecule is Cc1ccc2c(c1)CCC1C2CC[C@@]2(C)C1CC[C@@H]2OCCN(C)CCOC(C(F)(F)F)(C(F)(F)F)C(F)(F)F. The van der Waals surface area contributed by atoms with E-state index in [4.69, 9.17) is 4.74 Å². The van der Waals surface area contributed by atoms with Gasteiger partial charge in [0.1, 0.15) is 0 Å². The van der Waals surface area contributed by atoms with Crippen molar-refractivity contribution in [2.75, 3.05) is 33.4 Å². The standard InChI is InChI=1S/C28H36F9NO2/c1-17-4-6-19-18(16-17)5-7-21-20(19)10-11-24(2)22(21)8-9-23(24)39-14-12-38(3)13-15-40-25(26(29,30)31,27(32,33)34)28(35,36)37/h4,6,16,20-23H,5,7-15H2,1-3H3/t20?,21?,22?,23-,24-/m0/s1. The van der Waals surface area contributed by atoms with E-state index in [1.54, 1.807) is 0 Å². The Morgan fingerprint density at radius 3 is 2.12 bits per heavy atom. The Bertz CT molecular complexity index is 1000. The number of halogens is 9. The number of hydrogen-bond acceptors (Lipinski definition) is 3. The molecule has 3 unspecified atom stereocenters. The number of benzene rings is 1. The van der Waals surface area contributed by atoms with Gasteiger partial charge in [-0.25, -0.2) is 0 Å². The molecular formula is C28H36F9NO2. The number of aryl methyl sites for hydroxylation is 2. The molecular weight excluding hydrogens is 553 g/mol. The fraction of sp³-hybridized carbons (Fsp3) is 0.786. The fourth-order valence-electron chi connectivity index (χ4n) is 7.48. The third kappa shape index (κ3) is 5.48. The highest BCUT2D eigenvalue weighted by Crippen LogP contribution is 2.61. The molecule has 1 aromatic carbocycles. The van der Waals surface area contributed by atoms with Gasteiger partial charge < -0.3 is 14.4 Å². The number of likely N-dealkylation sites (N-methyl/N-ethyl adjacent to an activating group) is 1. The second kappa shape index (κ2) is 10.9. The van der Waals surface area contributed by atoms with E-state index in [-0.39, 0.29) is 24.7 Å². The predicted molar refractivity (Wildman–Crippen MR) is 130 cm³/mol. The smallest absolute Gasteiger partial charge is 0.376 e. The average Bonchev–Trinajstić information content (AvgIpc) is 3.15. The van der Waals surface area contributed by atoms with Crippen molar-refractivity contribution < 1.29 is 49.0 Å². The summed E-state index contributed by atoms with van der Waals surface area (Å²) < 4.78 is 127. The van der Waals surface area contributed by atoms with E-state index < -0.39 is 37.3 Å². The Balaban J connectivity index is 1.30. The van der Waals surface area contributed by atoms with Gasteiger partial charge in [-0.05, 0) is 86.8 Å². The highest BCUT2D eigenvalue weighted by atomic mass is 19.4. The second-order valence-electron chi connectivity index (χ2n) is 11.9. The van der Waals surface area contributed by atoms with E-state index in [9.17, 15) is 39.5 Å². The van der Waals surface area contributed by atoms with Crippen molar-refractivity contribution in [2.24, 2.45) is 17.3 Å². The molecule has 2 fully saturated rings. The maximum Gasteiger partial charge on any atom is 0.435 e. The summed E-state index contributed by atoms with van der Waals surface area (Å²) in [5, 5.41) is 0. The lowest BCUT2D eigenvalue weighted by Crippen LogP contribution is -2.68. The van der Waals surface area contributed by atoms with Gasteiger partial charge in [0.05, 0.1) is 19.3 Å². The molecule has 3 aliphatic rings. The largest absolute Gasteiger partial charge is 0.435 e. The third-order valence-corrected chi connectivity index (χ3v) is 9.58. The summed E-state index contributed by atoms with van der Waals surface area (Å²) in [5.74, 6) is 1.60. The van der Waals surface area contributed by atoms with Crippen LogP contribution in [0.25, 0.3) is 0 Å². The van der Waals surface area contributed by atoms with Crippen molar-refractivity contribution in [3.8, 4) is 0 Å². The van der Waals surface area contributed by atoms with Gasteiger partial charge in [-0.2, -0.15) is 39.5 Å². The van der Waals surface area contributed by atoms with Crippen LogP contribution in [0, 0.1) is 24.2 Å². The predicted octanol–water partition coefficient (Wildman–Crippen LogP) is 7.61. The summed E-state index contributed by atoms with van der Waals surface area (Å²) >= 11 is 0. The molecule has 2 saturated carbocycles. The molecule has 0 spiro atoms. The number of alkyl halides is 9. The van der Waals surface area contributed by atoms with Crippen molar-refractivity contribution in [3.05, 3.63) is 34.9 Å².